The second-order valence-electron chi connectivity index (χ2n) is 6.72. The number of benzene rings is 2. The van der Waals surface area contributed by atoms with Gasteiger partial charge >= 0.3 is 0 Å². The Labute approximate surface area is 168 Å². The summed E-state index contributed by atoms with van der Waals surface area (Å²) in [6.45, 7) is 3.09. The molecular formula is C20H21FN4O3S. The number of nitrogen functional groups attached to an aromatic ring is 1. The highest BCUT2D eigenvalue weighted by atomic mass is 32.2. The molecule has 3 rings (SSSR count). The Balaban J connectivity index is 2.25. The minimum atomic E-state index is -3.76. The topological polar surface area (TPSA) is 107 Å². The van der Waals surface area contributed by atoms with E-state index < -0.39 is 27.0 Å². The van der Waals surface area contributed by atoms with Gasteiger partial charge in [-0.3, -0.25) is 4.79 Å². The SMILES string of the molecule is CNC(=O)/C(=C\c1cccc(F)c1)c1ccc2nc(N)n(S(=O)(=O)C(C)C)c2c1. The number of carbonyl (C=O) groups excluding carboxylic acids is 1. The number of nitrogens with zero attached hydrogens (tertiary/aromatic N) is 2. The predicted octanol–water partition coefficient (Wildman–Crippen LogP) is 2.63. The highest BCUT2D eigenvalue weighted by molar-refractivity contribution is 7.90. The second kappa shape index (κ2) is 7.67. The van der Waals surface area contributed by atoms with Crippen molar-refractivity contribution in [3.8, 4) is 0 Å². The molecule has 0 aliphatic heterocycles. The maximum Gasteiger partial charge on any atom is 0.251 e. The van der Waals surface area contributed by atoms with E-state index in [1.54, 1.807) is 38.1 Å². The third-order valence-corrected chi connectivity index (χ3v) is 6.51. The molecule has 0 atom stereocenters. The first-order valence-corrected chi connectivity index (χ1v) is 10.4. The van der Waals surface area contributed by atoms with E-state index in [1.807, 2.05) is 0 Å². The van der Waals surface area contributed by atoms with Gasteiger partial charge in [0.15, 0.2) is 0 Å². The van der Waals surface area contributed by atoms with Crippen molar-refractivity contribution in [3.63, 3.8) is 0 Å². The molecule has 0 fully saturated rings. The molecule has 0 saturated carbocycles. The van der Waals surface area contributed by atoms with Crippen LogP contribution in [0.15, 0.2) is 42.5 Å². The van der Waals surface area contributed by atoms with E-state index in [0.29, 0.717) is 16.6 Å². The predicted molar refractivity (Wildman–Crippen MR) is 112 cm³/mol. The van der Waals surface area contributed by atoms with Crippen LogP contribution in [0.2, 0.25) is 0 Å². The fourth-order valence-corrected chi connectivity index (χ4v) is 4.04. The zero-order chi connectivity index (χ0) is 21.3. The molecule has 3 N–H and O–H groups in total. The average Bonchev–Trinajstić information content (AvgIpc) is 3.00. The zero-order valence-corrected chi connectivity index (χ0v) is 17.0. The molecule has 1 heterocycles. The summed E-state index contributed by atoms with van der Waals surface area (Å²) in [4.78, 5) is 16.6. The van der Waals surface area contributed by atoms with Gasteiger partial charge in [0, 0.05) is 12.6 Å². The fourth-order valence-electron chi connectivity index (χ4n) is 2.90. The summed E-state index contributed by atoms with van der Waals surface area (Å²) in [6, 6.07) is 10.6. The maximum atomic E-state index is 13.6. The summed E-state index contributed by atoms with van der Waals surface area (Å²) in [6.07, 6.45) is 1.53. The van der Waals surface area contributed by atoms with Gasteiger partial charge in [-0.05, 0) is 55.3 Å². The van der Waals surface area contributed by atoms with Crippen LogP contribution < -0.4 is 11.1 Å². The number of imidazole rings is 1. The third kappa shape index (κ3) is 3.86. The van der Waals surface area contributed by atoms with Gasteiger partial charge in [0.25, 0.3) is 5.91 Å². The second-order valence-corrected chi connectivity index (χ2v) is 9.06. The van der Waals surface area contributed by atoms with Crippen LogP contribution in [0.3, 0.4) is 0 Å². The van der Waals surface area contributed by atoms with E-state index in [9.17, 15) is 17.6 Å². The summed E-state index contributed by atoms with van der Waals surface area (Å²) >= 11 is 0. The largest absolute Gasteiger partial charge is 0.368 e. The number of aromatic nitrogens is 2. The van der Waals surface area contributed by atoms with Crippen LogP contribution in [0, 0.1) is 5.82 Å². The number of likely N-dealkylation sites (N-methyl/N-ethyl adjacent to an activating group) is 1. The van der Waals surface area contributed by atoms with Gasteiger partial charge in [-0.15, -0.1) is 0 Å². The molecule has 0 unspecified atom stereocenters. The Morgan fingerprint density at radius 1 is 1.24 bits per heavy atom. The molecule has 3 aromatic rings. The summed E-state index contributed by atoms with van der Waals surface area (Å²) in [5.41, 5.74) is 7.70. The van der Waals surface area contributed by atoms with Gasteiger partial charge in [-0.25, -0.2) is 21.8 Å². The van der Waals surface area contributed by atoms with Crippen molar-refractivity contribution in [1.29, 1.82) is 0 Å². The lowest BCUT2D eigenvalue weighted by Crippen LogP contribution is -2.24. The standard InChI is InChI=1S/C20H21FN4O3S/c1-12(2)29(27,28)25-18-11-14(7-8-17(18)24-20(25)22)16(19(26)23-3)10-13-5-4-6-15(21)9-13/h4-12H,1-3H3,(H2,22,24)(H,23,26)/b16-10-. The van der Waals surface area contributed by atoms with Crippen molar-refractivity contribution in [3.05, 3.63) is 59.4 Å². The molecule has 0 bridgehead atoms. The van der Waals surface area contributed by atoms with Crippen LogP contribution >= 0.6 is 0 Å². The van der Waals surface area contributed by atoms with E-state index in [2.05, 4.69) is 10.3 Å². The molecule has 0 aliphatic rings. The quantitative estimate of drug-likeness (QED) is 0.491. The van der Waals surface area contributed by atoms with Crippen molar-refractivity contribution in [1.82, 2.24) is 14.3 Å². The van der Waals surface area contributed by atoms with Crippen molar-refractivity contribution < 1.29 is 17.6 Å². The number of hydrogen-bond donors (Lipinski definition) is 2. The number of hydrogen-bond acceptors (Lipinski definition) is 5. The van der Waals surface area contributed by atoms with Crippen molar-refractivity contribution >= 4 is 44.6 Å². The lowest BCUT2D eigenvalue weighted by molar-refractivity contribution is -0.115. The molecule has 29 heavy (non-hydrogen) atoms. The summed E-state index contributed by atoms with van der Waals surface area (Å²) < 4.78 is 40.0. The van der Waals surface area contributed by atoms with E-state index in [1.165, 1.54) is 31.3 Å². The molecule has 7 nitrogen and oxygen atoms in total. The molecule has 152 valence electrons. The highest BCUT2D eigenvalue weighted by Gasteiger charge is 2.25. The molecule has 2 aromatic carbocycles. The van der Waals surface area contributed by atoms with Crippen LogP contribution in [0.5, 0.6) is 0 Å². The Kier molecular flexibility index (Phi) is 5.43. The molecule has 0 aliphatic carbocycles. The number of nitrogens with one attached hydrogen (secondary N) is 1. The van der Waals surface area contributed by atoms with Crippen LogP contribution in [0.1, 0.15) is 25.0 Å². The van der Waals surface area contributed by atoms with Crippen LogP contribution in [0.4, 0.5) is 10.3 Å². The number of rotatable bonds is 5. The van der Waals surface area contributed by atoms with Crippen molar-refractivity contribution in [2.75, 3.05) is 12.8 Å². The number of amides is 1. The van der Waals surface area contributed by atoms with Gasteiger partial charge in [0.1, 0.15) is 5.82 Å². The monoisotopic (exact) mass is 416 g/mol. The highest BCUT2D eigenvalue weighted by Crippen LogP contribution is 2.27. The van der Waals surface area contributed by atoms with E-state index in [0.717, 1.165) is 3.97 Å². The molecule has 0 radical (unpaired) electrons. The zero-order valence-electron chi connectivity index (χ0n) is 16.2. The molecule has 0 saturated heterocycles. The van der Waals surface area contributed by atoms with E-state index in [4.69, 9.17) is 5.73 Å². The van der Waals surface area contributed by atoms with Gasteiger partial charge in [0.2, 0.25) is 16.0 Å². The van der Waals surface area contributed by atoms with Crippen LogP contribution in [-0.4, -0.2) is 35.6 Å². The molecule has 0 spiro atoms. The lowest BCUT2D eigenvalue weighted by atomic mass is 10.0. The number of nitrogens with two attached hydrogens (primary N) is 1. The minimum Gasteiger partial charge on any atom is -0.368 e. The van der Waals surface area contributed by atoms with Crippen LogP contribution in [0.25, 0.3) is 22.7 Å². The minimum absolute atomic E-state index is 0.151. The summed E-state index contributed by atoms with van der Waals surface area (Å²) in [5, 5.41) is 1.83. The smallest absolute Gasteiger partial charge is 0.251 e. The van der Waals surface area contributed by atoms with Gasteiger partial charge in [-0.2, -0.15) is 0 Å². The number of anilines is 1. The van der Waals surface area contributed by atoms with Gasteiger partial charge in [-0.1, -0.05) is 18.2 Å². The fraction of sp³-hybridized carbons (Fsp3) is 0.200. The Bertz CT molecular complexity index is 1230. The number of halogens is 1. The first kappa shape index (κ1) is 20.5. The van der Waals surface area contributed by atoms with E-state index in [-0.39, 0.29) is 17.0 Å². The Hall–Kier alpha value is -3.20. The molecule has 9 heteroatoms. The number of carbonyl (C=O) groups is 1. The Morgan fingerprint density at radius 2 is 1.97 bits per heavy atom. The lowest BCUT2D eigenvalue weighted by Gasteiger charge is -2.12. The first-order chi connectivity index (χ1) is 13.6. The van der Waals surface area contributed by atoms with E-state index >= 15 is 0 Å². The Morgan fingerprint density at radius 3 is 2.59 bits per heavy atom. The molecular weight excluding hydrogens is 395 g/mol. The average molecular weight is 416 g/mol. The first-order valence-electron chi connectivity index (χ1n) is 8.87. The van der Waals surface area contributed by atoms with Crippen LogP contribution in [-0.2, 0) is 14.8 Å². The van der Waals surface area contributed by atoms with Crippen molar-refractivity contribution in [2.45, 2.75) is 19.1 Å². The summed E-state index contributed by atoms with van der Waals surface area (Å²) in [5.74, 6) is -0.986. The van der Waals surface area contributed by atoms with Crippen molar-refractivity contribution in [2.24, 2.45) is 0 Å². The molecule has 1 aromatic heterocycles. The maximum absolute atomic E-state index is 13.6. The number of fused-ring (bicyclic) bond motifs is 1. The van der Waals surface area contributed by atoms with Gasteiger partial charge in [0.05, 0.1) is 16.3 Å². The summed E-state index contributed by atoms with van der Waals surface area (Å²) in [7, 11) is -2.29. The third-order valence-electron chi connectivity index (χ3n) is 4.43. The normalized spacial score (nSPS) is 12.5. The molecule has 1 amide bonds. The van der Waals surface area contributed by atoms with Gasteiger partial charge < -0.3 is 11.1 Å².